The minimum atomic E-state index is -1.09. The molecule has 214 valence electrons. The molecule has 3 aromatic carbocycles. The van der Waals surface area contributed by atoms with Crippen molar-refractivity contribution >= 4 is 35.0 Å². The molecule has 0 aliphatic carbocycles. The van der Waals surface area contributed by atoms with Gasteiger partial charge < -0.3 is 19.3 Å². The quantitative estimate of drug-likeness (QED) is 0.282. The van der Waals surface area contributed by atoms with Gasteiger partial charge in [-0.25, -0.2) is 14.6 Å². The molecule has 1 aliphatic rings. The minimum absolute atomic E-state index is 0.158. The predicted molar refractivity (Wildman–Crippen MR) is 158 cm³/mol. The number of hydrogen-bond donors (Lipinski definition) is 1. The molecule has 4 aromatic rings. The highest BCUT2D eigenvalue weighted by molar-refractivity contribution is 7.07. The van der Waals surface area contributed by atoms with Crippen LogP contribution in [0.15, 0.2) is 94.2 Å². The van der Waals surface area contributed by atoms with E-state index >= 15 is 0 Å². The van der Waals surface area contributed by atoms with Gasteiger partial charge in [-0.2, -0.15) is 0 Å². The number of carbonyl (C=O) groups is 2. The van der Waals surface area contributed by atoms with Crippen molar-refractivity contribution in [2.45, 2.75) is 19.9 Å². The lowest BCUT2D eigenvalue weighted by molar-refractivity contribution is -0.140. The Balaban J connectivity index is 1.73. The largest absolute Gasteiger partial charge is 0.494 e. The van der Waals surface area contributed by atoms with Gasteiger partial charge in [-0.15, -0.1) is 0 Å². The van der Waals surface area contributed by atoms with Gasteiger partial charge in [0.15, 0.2) is 11.4 Å². The van der Waals surface area contributed by atoms with Crippen molar-refractivity contribution < 1.29 is 28.9 Å². The SMILES string of the molecule is CCOC(=O)C1=C(c2ccccc2)N=c2s/c(=C/c3cccc(OCC(=O)O)c3)c(=O)n2[C@H]1c1ccc(OCC)cc1. The zero-order valence-electron chi connectivity index (χ0n) is 23.0. The van der Waals surface area contributed by atoms with Gasteiger partial charge in [-0.3, -0.25) is 9.36 Å². The van der Waals surface area contributed by atoms with Crippen LogP contribution in [-0.4, -0.2) is 41.4 Å². The molecule has 1 atom stereocenters. The number of fused-ring (bicyclic) bond motifs is 1. The summed E-state index contributed by atoms with van der Waals surface area (Å²) in [5.41, 5.74) is 2.43. The van der Waals surface area contributed by atoms with E-state index in [1.54, 1.807) is 37.3 Å². The van der Waals surface area contributed by atoms with E-state index in [2.05, 4.69) is 0 Å². The fraction of sp³-hybridized carbons (Fsp3) is 0.188. The molecule has 2 heterocycles. The molecule has 0 fully saturated rings. The number of ether oxygens (including phenoxy) is 3. The van der Waals surface area contributed by atoms with Crippen molar-refractivity contribution in [3.8, 4) is 11.5 Å². The van der Waals surface area contributed by atoms with Gasteiger partial charge in [-0.05, 0) is 55.3 Å². The van der Waals surface area contributed by atoms with Gasteiger partial charge in [-0.1, -0.05) is 65.9 Å². The van der Waals surface area contributed by atoms with Crippen molar-refractivity contribution in [1.82, 2.24) is 4.57 Å². The molecule has 42 heavy (non-hydrogen) atoms. The fourth-order valence-electron chi connectivity index (χ4n) is 4.66. The lowest BCUT2D eigenvalue weighted by Gasteiger charge is -2.26. The summed E-state index contributed by atoms with van der Waals surface area (Å²) in [4.78, 5) is 43.8. The monoisotopic (exact) mass is 584 g/mol. The highest BCUT2D eigenvalue weighted by Gasteiger charge is 2.35. The maximum absolute atomic E-state index is 14.0. The second-order valence-corrected chi connectivity index (χ2v) is 10.2. The summed E-state index contributed by atoms with van der Waals surface area (Å²) in [6.07, 6.45) is 1.70. The van der Waals surface area contributed by atoms with Gasteiger partial charge in [0.2, 0.25) is 0 Å². The van der Waals surface area contributed by atoms with Gasteiger partial charge >= 0.3 is 11.9 Å². The zero-order valence-corrected chi connectivity index (χ0v) is 23.8. The average molecular weight is 585 g/mol. The standard InChI is InChI=1S/C32H28N2O7S/c1-3-39-23-15-13-22(14-16-23)29-27(31(38)40-4-2)28(21-10-6-5-7-11-21)33-32-34(29)30(37)25(42-32)18-20-9-8-12-24(17-20)41-19-26(35)36/h5-18,29H,3-4,19H2,1-2H3,(H,35,36)/b25-18+/t29-/m0/s1. The molecule has 0 saturated heterocycles. The lowest BCUT2D eigenvalue weighted by Crippen LogP contribution is -2.40. The molecule has 1 N–H and O–H groups in total. The molecule has 0 bridgehead atoms. The second kappa shape index (κ2) is 12.7. The molecular formula is C32H28N2O7S. The molecule has 0 radical (unpaired) electrons. The number of carboxylic acid groups (broad SMARTS) is 1. The van der Waals surface area contributed by atoms with Gasteiger partial charge in [0.25, 0.3) is 5.56 Å². The molecule has 1 aromatic heterocycles. The lowest BCUT2D eigenvalue weighted by atomic mass is 9.93. The number of rotatable bonds is 10. The number of esters is 1. The van der Waals surface area contributed by atoms with Crippen LogP contribution in [0.25, 0.3) is 11.8 Å². The summed E-state index contributed by atoms with van der Waals surface area (Å²) in [5.74, 6) is -0.614. The second-order valence-electron chi connectivity index (χ2n) is 9.19. The summed E-state index contributed by atoms with van der Waals surface area (Å²) >= 11 is 1.20. The molecule has 0 spiro atoms. The molecule has 10 heteroatoms. The Kier molecular flexibility index (Phi) is 8.63. The minimum Gasteiger partial charge on any atom is -0.494 e. The molecule has 1 aliphatic heterocycles. The van der Waals surface area contributed by atoms with E-state index in [0.717, 1.165) is 5.56 Å². The molecule has 9 nitrogen and oxygen atoms in total. The number of aromatic nitrogens is 1. The van der Waals surface area contributed by atoms with Crippen LogP contribution >= 0.6 is 11.3 Å². The summed E-state index contributed by atoms with van der Waals surface area (Å²) in [7, 11) is 0. The summed E-state index contributed by atoms with van der Waals surface area (Å²) in [6, 6.07) is 22.6. The number of carboxylic acids is 1. The first-order valence-corrected chi connectivity index (χ1v) is 14.2. The van der Waals surface area contributed by atoms with Crippen LogP contribution in [-0.2, 0) is 14.3 Å². The van der Waals surface area contributed by atoms with Gasteiger partial charge in [0.05, 0.1) is 35.1 Å². The van der Waals surface area contributed by atoms with E-state index < -0.39 is 24.6 Å². The topological polar surface area (TPSA) is 116 Å². The number of aliphatic carboxylic acids is 1. The first-order valence-electron chi connectivity index (χ1n) is 13.4. The first kappa shape index (κ1) is 28.6. The van der Waals surface area contributed by atoms with Crippen LogP contribution in [0.2, 0.25) is 0 Å². The Hall–Kier alpha value is -4.96. The van der Waals surface area contributed by atoms with Gasteiger partial charge in [0, 0.05) is 5.56 Å². The molecule has 0 unspecified atom stereocenters. The molecule has 0 saturated carbocycles. The van der Waals surface area contributed by atoms with E-state index in [4.69, 9.17) is 24.3 Å². The van der Waals surface area contributed by atoms with E-state index in [9.17, 15) is 14.4 Å². The van der Waals surface area contributed by atoms with Crippen molar-refractivity contribution in [3.05, 3.63) is 121 Å². The van der Waals surface area contributed by atoms with E-state index in [1.165, 1.54) is 15.9 Å². The molecule has 5 rings (SSSR count). The Morgan fingerprint density at radius 1 is 0.952 bits per heavy atom. The van der Waals surface area contributed by atoms with Crippen LogP contribution in [0.1, 0.15) is 36.6 Å². The predicted octanol–water partition coefficient (Wildman–Crippen LogP) is 3.80. The first-order chi connectivity index (χ1) is 20.4. The third-order valence-electron chi connectivity index (χ3n) is 6.40. The maximum atomic E-state index is 14.0. The van der Waals surface area contributed by atoms with Gasteiger partial charge in [0.1, 0.15) is 11.5 Å². The number of nitrogens with zero attached hydrogens (tertiary/aromatic N) is 2. The fourth-order valence-corrected chi connectivity index (χ4v) is 5.66. The Labute approximate surface area is 245 Å². The van der Waals surface area contributed by atoms with Crippen LogP contribution < -0.4 is 24.4 Å². The summed E-state index contributed by atoms with van der Waals surface area (Å²) in [5, 5.41) is 8.94. The van der Waals surface area contributed by atoms with Crippen LogP contribution in [0, 0.1) is 0 Å². The molecular weight excluding hydrogens is 556 g/mol. The smallest absolute Gasteiger partial charge is 0.341 e. The van der Waals surface area contributed by atoms with E-state index in [1.807, 2.05) is 61.5 Å². The number of hydrogen-bond acceptors (Lipinski definition) is 8. The zero-order chi connectivity index (χ0) is 29.6. The van der Waals surface area contributed by atoms with Crippen molar-refractivity contribution in [1.29, 1.82) is 0 Å². The highest BCUT2D eigenvalue weighted by atomic mass is 32.1. The van der Waals surface area contributed by atoms with Crippen LogP contribution in [0.4, 0.5) is 0 Å². The third kappa shape index (κ3) is 6.03. The van der Waals surface area contributed by atoms with E-state index in [0.29, 0.717) is 44.3 Å². The number of carbonyl (C=O) groups excluding carboxylic acids is 1. The average Bonchev–Trinajstić information content (AvgIpc) is 3.30. The van der Waals surface area contributed by atoms with Crippen molar-refractivity contribution in [3.63, 3.8) is 0 Å². The maximum Gasteiger partial charge on any atom is 0.341 e. The number of benzene rings is 3. The Morgan fingerprint density at radius 3 is 2.40 bits per heavy atom. The summed E-state index contributed by atoms with van der Waals surface area (Å²) in [6.45, 7) is 3.81. The summed E-state index contributed by atoms with van der Waals surface area (Å²) < 4.78 is 18.3. The van der Waals surface area contributed by atoms with Crippen LogP contribution in [0.5, 0.6) is 11.5 Å². The number of thiazole rings is 1. The Bertz CT molecular complexity index is 1820. The van der Waals surface area contributed by atoms with Crippen LogP contribution in [0.3, 0.4) is 0 Å². The Morgan fingerprint density at radius 2 is 1.71 bits per heavy atom. The van der Waals surface area contributed by atoms with E-state index in [-0.39, 0.29) is 17.7 Å². The van der Waals surface area contributed by atoms with Crippen molar-refractivity contribution in [2.75, 3.05) is 19.8 Å². The molecule has 0 amide bonds. The van der Waals surface area contributed by atoms with Crippen molar-refractivity contribution in [2.24, 2.45) is 4.99 Å². The highest BCUT2D eigenvalue weighted by Crippen LogP contribution is 2.35. The normalized spacial score (nSPS) is 14.6. The third-order valence-corrected chi connectivity index (χ3v) is 7.38.